The molecule has 0 N–H and O–H groups in total. The predicted molar refractivity (Wildman–Crippen MR) is 83.3 cm³/mol. The number of hydrogen-bond acceptors (Lipinski definition) is 0. The average molecular weight is 398 g/mol. The quantitative estimate of drug-likeness (QED) is 0.232. The van der Waals surface area contributed by atoms with E-state index in [2.05, 4.69) is 0 Å². The normalized spacial score (nSPS) is 12.6. The Morgan fingerprint density at radius 3 is 1.15 bits per heavy atom. The summed E-state index contributed by atoms with van der Waals surface area (Å²) in [5, 5.41) is -3.77. The number of benzene rings is 2. The molecule has 1 heterocycles. The zero-order valence-electron chi connectivity index (χ0n) is 13.7. The molecule has 0 amide bonds. The summed E-state index contributed by atoms with van der Waals surface area (Å²) < 4.78 is 112. The molecule has 2 aromatic carbocycles. The van der Waals surface area contributed by atoms with Crippen LogP contribution < -0.4 is 0 Å². The highest BCUT2D eigenvalue weighted by Crippen LogP contribution is 2.56. The number of fused-ring (bicyclic) bond motifs is 3. The second-order valence-electron chi connectivity index (χ2n) is 7.11. The van der Waals surface area contributed by atoms with Crippen molar-refractivity contribution in [3.8, 4) is 0 Å². The summed E-state index contributed by atoms with van der Waals surface area (Å²) in [6.07, 6.45) is -0.120. The smallest absolute Gasteiger partial charge is 0.198 e. The van der Waals surface area contributed by atoms with Crippen molar-refractivity contribution in [2.24, 2.45) is 5.41 Å². The second-order valence-corrected chi connectivity index (χ2v) is 9.17. The molecule has 0 saturated heterocycles. The van der Waals surface area contributed by atoms with Crippen molar-refractivity contribution in [1.29, 1.82) is 0 Å². The van der Waals surface area contributed by atoms with Crippen LogP contribution in [0, 0.1) is 52.0 Å². The van der Waals surface area contributed by atoms with Crippen molar-refractivity contribution in [3.63, 3.8) is 0 Å². The van der Waals surface area contributed by atoms with E-state index in [1.165, 1.54) is 0 Å². The molecule has 0 aliphatic heterocycles. The summed E-state index contributed by atoms with van der Waals surface area (Å²) >= 11 is 0. The molecule has 0 fully saturated rings. The SMILES string of the molecule is CC(C)(C)Cp1c2c(F)c(F)c(F)c(F)c2c2c(F)c(F)c(F)c(F)c21. The predicted octanol–water partition coefficient (Wildman–Crippen LogP) is 7.14. The minimum absolute atomic E-state index is 0.120. The summed E-state index contributed by atoms with van der Waals surface area (Å²) in [4.78, 5) is 0. The van der Waals surface area contributed by atoms with Crippen LogP contribution in [0.25, 0.3) is 21.0 Å². The van der Waals surface area contributed by atoms with Gasteiger partial charge in [0.05, 0.1) is 0 Å². The zero-order valence-corrected chi connectivity index (χ0v) is 14.6. The third-order valence-corrected chi connectivity index (χ3v) is 7.09. The molecule has 0 atom stereocenters. The Kier molecular flexibility index (Phi) is 4.26. The van der Waals surface area contributed by atoms with Gasteiger partial charge in [0, 0.05) is 21.0 Å². The molecule has 26 heavy (non-hydrogen) atoms. The molecule has 0 aliphatic rings. The van der Waals surface area contributed by atoms with Gasteiger partial charge in [0.2, 0.25) is 0 Å². The fourth-order valence-electron chi connectivity index (χ4n) is 2.95. The molecule has 0 nitrogen and oxygen atoms in total. The van der Waals surface area contributed by atoms with Crippen LogP contribution in [0.1, 0.15) is 20.8 Å². The third kappa shape index (κ3) is 2.49. The van der Waals surface area contributed by atoms with Crippen molar-refractivity contribution < 1.29 is 35.1 Å². The first kappa shape index (κ1) is 19.0. The van der Waals surface area contributed by atoms with E-state index in [9.17, 15) is 35.1 Å². The summed E-state index contributed by atoms with van der Waals surface area (Å²) in [5.74, 6) is -16.3. The van der Waals surface area contributed by atoms with Gasteiger partial charge in [-0.1, -0.05) is 20.8 Å². The number of halogens is 8. The van der Waals surface area contributed by atoms with Crippen LogP contribution >= 0.6 is 7.53 Å². The van der Waals surface area contributed by atoms with E-state index >= 15 is 0 Å². The van der Waals surface area contributed by atoms with E-state index in [0.29, 0.717) is 0 Å². The molecule has 0 aliphatic carbocycles. The molecular weight excluding hydrogens is 387 g/mol. The first-order chi connectivity index (χ1) is 11.9. The van der Waals surface area contributed by atoms with Crippen LogP contribution in [0.3, 0.4) is 0 Å². The highest BCUT2D eigenvalue weighted by molar-refractivity contribution is 7.60. The highest BCUT2D eigenvalue weighted by atomic mass is 31.1. The van der Waals surface area contributed by atoms with Crippen LogP contribution in [0.4, 0.5) is 35.1 Å². The Hall–Kier alpha value is -1.82. The second kappa shape index (κ2) is 5.84. The summed E-state index contributed by atoms with van der Waals surface area (Å²) in [5.41, 5.74) is -0.674. The molecule has 3 rings (SSSR count). The first-order valence-electron chi connectivity index (χ1n) is 7.38. The minimum Gasteiger partial charge on any atom is -0.203 e. The molecule has 9 heteroatoms. The van der Waals surface area contributed by atoms with Gasteiger partial charge in [-0.25, -0.2) is 35.1 Å². The molecule has 0 radical (unpaired) electrons. The Morgan fingerprint density at radius 2 is 0.846 bits per heavy atom. The maximum Gasteiger partial charge on any atom is 0.198 e. The zero-order chi connectivity index (χ0) is 19.7. The maximum absolute atomic E-state index is 14.4. The van der Waals surface area contributed by atoms with Crippen molar-refractivity contribution in [2.45, 2.75) is 26.9 Å². The van der Waals surface area contributed by atoms with Crippen molar-refractivity contribution in [1.82, 2.24) is 0 Å². The van der Waals surface area contributed by atoms with Gasteiger partial charge in [-0.3, -0.25) is 0 Å². The average Bonchev–Trinajstić information content (AvgIpc) is 2.87. The molecule has 0 unspecified atom stereocenters. The van der Waals surface area contributed by atoms with E-state index in [4.69, 9.17) is 0 Å². The lowest BCUT2D eigenvalue weighted by atomic mass is 10.0. The van der Waals surface area contributed by atoms with Gasteiger partial charge in [-0.05, 0) is 11.6 Å². The van der Waals surface area contributed by atoms with E-state index in [0.717, 1.165) is 0 Å². The van der Waals surface area contributed by atoms with Gasteiger partial charge in [0.25, 0.3) is 0 Å². The maximum atomic E-state index is 14.4. The molecule has 0 bridgehead atoms. The van der Waals surface area contributed by atoms with Gasteiger partial charge in [0.1, 0.15) is 0 Å². The van der Waals surface area contributed by atoms with Crippen LogP contribution in [-0.4, -0.2) is 0 Å². The van der Waals surface area contributed by atoms with Gasteiger partial charge >= 0.3 is 0 Å². The van der Waals surface area contributed by atoms with E-state index in [-0.39, 0.29) is 6.16 Å². The Labute approximate surface area is 143 Å². The Balaban J connectivity index is 2.74. The van der Waals surface area contributed by atoms with E-state index in [1.54, 1.807) is 20.8 Å². The summed E-state index contributed by atoms with van der Waals surface area (Å²) in [6.45, 7) is 4.90. The highest BCUT2D eigenvalue weighted by Gasteiger charge is 2.33. The summed E-state index contributed by atoms with van der Waals surface area (Å²) in [6, 6.07) is 0. The largest absolute Gasteiger partial charge is 0.203 e. The molecule has 3 aromatic rings. The fraction of sp³-hybridized carbons (Fsp3) is 0.294. The molecule has 0 spiro atoms. The monoisotopic (exact) mass is 398 g/mol. The van der Waals surface area contributed by atoms with Crippen LogP contribution in [0.2, 0.25) is 0 Å². The van der Waals surface area contributed by atoms with Crippen LogP contribution in [-0.2, 0) is 6.16 Å². The lowest BCUT2D eigenvalue weighted by molar-refractivity contribution is 0.416. The molecule has 140 valence electrons. The van der Waals surface area contributed by atoms with Crippen molar-refractivity contribution in [3.05, 3.63) is 46.5 Å². The van der Waals surface area contributed by atoms with E-state index < -0.39 is 80.5 Å². The van der Waals surface area contributed by atoms with Crippen molar-refractivity contribution >= 4 is 28.5 Å². The fourth-order valence-corrected chi connectivity index (χ4v) is 6.07. The van der Waals surface area contributed by atoms with Crippen molar-refractivity contribution in [2.75, 3.05) is 0 Å². The summed E-state index contributed by atoms with van der Waals surface area (Å²) in [7, 11) is -2.34. The Morgan fingerprint density at radius 1 is 0.538 bits per heavy atom. The molecule has 0 saturated carbocycles. The number of hydrogen-bond donors (Lipinski definition) is 0. The number of rotatable bonds is 1. The lowest BCUT2D eigenvalue weighted by Crippen LogP contribution is -2.05. The van der Waals surface area contributed by atoms with Gasteiger partial charge < -0.3 is 0 Å². The van der Waals surface area contributed by atoms with Crippen LogP contribution in [0.5, 0.6) is 0 Å². The molecular formula is C17H11F8P. The minimum atomic E-state index is -2.34. The van der Waals surface area contributed by atoms with Gasteiger partial charge in [-0.15, -0.1) is 7.53 Å². The van der Waals surface area contributed by atoms with Gasteiger partial charge in [-0.2, -0.15) is 0 Å². The Bertz CT molecular complexity index is 998. The van der Waals surface area contributed by atoms with Crippen LogP contribution in [0.15, 0.2) is 0 Å². The lowest BCUT2D eigenvalue weighted by Gasteiger charge is -2.19. The third-order valence-electron chi connectivity index (χ3n) is 3.91. The molecule has 1 aromatic heterocycles. The van der Waals surface area contributed by atoms with Gasteiger partial charge in [0.15, 0.2) is 46.5 Å². The topological polar surface area (TPSA) is 0 Å². The first-order valence-corrected chi connectivity index (χ1v) is 8.91. The standard InChI is InChI=1S/C17H11F8P/c1-17(2,3)4-26-15-5(7(18)9(20)11(22)13(15)24)6-8(19)10(21)12(23)14(25)16(6)26/h4H2,1-3H3. The van der Waals surface area contributed by atoms with E-state index in [1.807, 2.05) is 0 Å².